The number of carbonyl (C=O) groups excluding carboxylic acids is 1. The van der Waals surface area contributed by atoms with Crippen LogP contribution in [0, 0.1) is 5.82 Å². The number of hydrogen-bond donors (Lipinski definition) is 1. The first-order valence-electron chi connectivity index (χ1n) is 6.08. The Labute approximate surface area is 121 Å². The fourth-order valence-corrected chi connectivity index (χ4v) is 1.47. The van der Waals surface area contributed by atoms with Crippen LogP contribution in [0.2, 0.25) is 0 Å². The Morgan fingerprint density at radius 2 is 1.67 bits per heavy atom. The maximum atomic E-state index is 12.8. The second-order valence-electron chi connectivity index (χ2n) is 3.99. The summed E-state index contributed by atoms with van der Waals surface area (Å²) in [5.41, 5.74) is 2.96. The average Bonchev–Trinajstić information content (AvgIpc) is 2.51. The Bertz CT molecular complexity index is 624. The molecule has 0 aliphatic carbocycles. The molecule has 0 atom stereocenters. The van der Waals surface area contributed by atoms with Crippen molar-refractivity contribution in [2.75, 3.05) is 7.11 Å². The molecular formula is C15H13FN2O3. The fourth-order valence-electron chi connectivity index (χ4n) is 1.47. The lowest BCUT2D eigenvalue weighted by Gasteiger charge is -2.05. The SMILES string of the molecule is COC(=O)N/N=C/c1ccc(Oc2ccc(F)cc2)cc1. The van der Waals surface area contributed by atoms with Crippen LogP contribution in [-0.4, -0.2) is 19.4 Å². The lowest BCUT2D eigenvalue weighted by atomic mass is 10.2. The van der Waals surface area contributed by atoms with Crippen LogP contribution in [0.1, 0.15) is 5.56 Å². The van der Waals surface area contributed by atoms with Crippen LogP contribution in [0.15, 0.2) is 53.6 Å². The quantitative estimate of drug-likeness (QED) is 0.693. The van der Waals surface area contributed by atoms with Crippen LogP contribution < -0.4 is 10.2 Å². The van der Waals surface area contributed by atoms with Gasteiger partial charge in [-0.05, 0) is 54.1 Å². The van der Waals surface area contributed by atoms with Crippen LogP contribution in [0.5, 0.6) is 11.5 Å². The minimum absolute atomic E-state index is 0.313. The molecule has 21 heavy (non-hydrogen) atoms. The highest BCUT2D eigenvalue weighted by molar-refractivity contribution is 5.81. The zero-order valence-electron chi connectivity index (χ0n) is 11.2. The van der Waals surface area contributed by atoms with Gasteiger partial charge in [0.25, 0.3) is 0 Å². The first-order chi connectivity index (χ1) is 10.2. The third-order valence-corrected chi connectivity index (χ3v) is 2.48. The van der Waals surface area contributed by atoms with Crippen molar-refractivity contribution in [1.29, 1.82) is 0 Å². The normalized spacial score (nSPS) is 10.4. The molecule has 0 aliphatic heterocycles. The molecule has 0 aromatic heterocycles. The largest absolute Gasteiger partial charge is 0.457 e. The molecule has 0 bridgehead atoms. The van der Waals surface area contributed by atoms with E-state index in [0.717, 1.165) is 5.56 Å². The van der Waals surface area contributed by atoms with E-state index in [1.807, 2.05) is 0 Å². The topological polar surface area (TPSA) is 59.9 Å². The zero-order chi connectivity index (χ0) is 15.1. The lowest BCUT2D eigenvalue weighted by Crippen LogP contribution is -2.16. The van der Waals surface area contributed by atoms with E-state index in [4.69, 9.17) is 4.74 Å². The summed E-state index contributed by atoms with van der Waals surface area (Å²) in [6, 6.07) is 12.8. The number of hydrogen-bond acceptors (Lipinski definition) is 4. The summed E-state index contributed by atoms with van der Waals surface area (Å²) in [5.74, 6) is 0.844. The third-order valence-electron chi connectivity index (χ3n) is 2.48. The van der Waals surface area contributed by atoms with E-state index >= 15 is 0 Å². The Morgan fingerprint density at radius 1 is 1.10 bits per heavy atom. The molecule has 0 saturated heterocycles. The van der Waals surface area contributed by atoms with Gasteiger partial charge < -0.3 is 9.47 Å². The summed E-state index contributed by atoms with van der Waals surface area (Å²) in [6.45, 7) is 0. The van der Waals surface area contributed by atoms with E-state index < -0.39 is 6.09 Å². The minimum Gasteiger partial charge on any atom is -0.457 e. The maximum absolute atomic E-state index is 12.8. The van der Waals surface area contributed by atoms with Crippen molar-refractivity contribution in [2.45, 2.75) is 0 Å². The van der Waals surface area contributed by atoms with Gasteiger partial charge in [0.1, 0.15) is 17.3 Å². The van der Waals surface area contributed by atoms with Crippen LogP contribution in [0.25, 0.3) is 0 Å². The monoisotopic (exact) mass is 288 g/mol. The smallest absolute Gasteiger partial charge is 0.427 e. The Hall–Kier alpha value is -2.89. The fraction of sp³-hybridized carbons (Fsp3) is 0.0667. The molecule has 0 fully saturated rings. The molecule has 0 unspecified atom stereocenters. The molecule has 0 aliphatic rings. The van der Waals surface area contributed by atoms with Crippen molar-refractivity contribution < 1.29 is 18.7 Å². The summed E-state index contributed by atoms with van der Waals surface area (Å²) >= 11 is 0. The predicted molar refractivity (Wildman–Crippen MR) is 76.1 cm³/mol. The molecule has 0 spiro atoms. The van der Waals surface area contributed by atoms with Gasteiger partial charge in [-0.3, -0.25) is 0 Å². The number of nitrogens with zero attached hydrogens (tertiary/aromatic N) is 1. The highest BCUT2D eigenvalue weighted by atomic mass is 19.1. The minimum atomic E-state index is -0.637. The second kappa shape index (κ2) is 7.04. The molecule has 5 nitrogen and oxygen atoms in total. The number of nitrogens with one attached hydrogen (secondary N) is 1. The Morgan fingerprint density at radius 3 is 2.24 bits per heavy atom. The number of carbonyl (C=O) groups is 1. The van der Waals surface area contributed by atoms with Crippen molar-refractivity contribution >= 4 is 12.3 Å². The van der Waals surface area contributed by atoms with Gasteiger partial charge in [-0.1, -0.05) is 0 Å². The molecule has 0 heterocycles. The summed E-state index contributed by atoms with van der Waals surface area (Å²) in [4.78, 5) is 10.8. The van der Waals surface area contributed by atoms with Gasteiger partial charge >= 0.3 is 6.09 Å². The van der Waals surface area contributed by atoms with Crippen molar-refractivity contribution in [1.82, 2.24) is 5.43 Å². The van der Waals surface area contributed by atoms with Gasteiger partial charge in [0.05, 0.1) is 13.3 Å². The maximum Gasteiger partial charge on any atom is 0.427 e. The van der Waals surface area contributed by atoms with Gasteiger partial charge in [0.15, 0.2) is 0 Å². The molecule has 2 aromatic rings. The highest BCUT2D eigenvalue weighted by Gasteiger charge is 1.98. The van der Waals surface area contributed by atoms with Crippen LogP contribution in [-0.2, 0) is 4.74 Å². The lowest BCUT2D eigenvalue weighted by molar-refractivity contribution is 0.171. The number of hydrazone groups is 1. The number of halogens is 1. The van der Waals surface area contributed by atoms with E-state index in [0.29, 0.717) is 11.5 Å². The van der Waals surface area contributed by atoms with Gasteiger partial charge in [-0.25, -0.2) is 14.6 Å². The first-order valence-corrected chi connectivity index (χ1v) is 6.08. The summed E-state index contributed by atoms with van der Waals surface area (Å²) < 4.78 is 22.7. The van der Waals surface area contributed by atoms with Crippen LogP contribution in [0.4, 0.5) is 9.18 Å². The van der Waals surface area contributed by atoms with Gasteiger partial charge in [0, 0.05) is 0 Å². The first kappa shape index (κ1) is 14.5. The third kappa shape index (κ3) is 4.61. The standard InChI is InChI=1S/C15H13FN2O3/c1-20-15(19)18-17-10-11-2-6-13(7-3-11)21-14-8-4-12(16)5-9-14/h2-10H,1H3,(H,18,19)/b17-10+. The molecule has 2 rings (SSSR count). The molecule has 1 N–H and O–H groups in total. The van der Waals surface area contributed by atoms with Crippen LogP contribution >= 0.6 is 0 Å². The van der Waals surface area contributed by atoms with Crippen molar-refractivity contribution in [3.63, 3.8) is 0 Å². The van der Waals surface area contributed by atoms with E-state index in [1.165, 1.54) is 25.5 Å². The van der Waals surface area contributed by atoms with E-state index in [-0.39, 0.29) is 5.82 Å². The van der Waals surface area contributed by atoms with Crippen LogP contribution in [0.3, 0.4) is 0 Å². The van der Waals surface area contributed by atoms with Gasteiger partial charge in [-0.2, -0.15) is 5.10 Å². The number of benzene rings is 2. The van der Waals surface area contributed by atoms with Crippen molar-refractivity contribution in [2.24, 2.45) is 5.10 Å². The molecule has 2 aromatic carbocycles. The molecule has 6 heteroatoms. The van der Waals surface area contributed by atoms with Crippen molar-refractivity contribution in [3.8, 4) is 11.5 Å². The Kier molecular flexibility index (Phi) is 4.87. The summed E-state index contributed by atoms with van der Waals surface area (Å²) in [7, 11) is 1.26. The molecule has 0 saturated carbocycles. The predicted octanol–water partition coefficient (Wildman–Crippen LogP) is 3.31. The van der Waals surface area contributed by atoms with E-state index in [9.17, 15) is 9.18 Å². The average molecular weight is 288 g/mol. The summed E-state index contributed by atoms with van der Waals surface area (Å²) in [6.07, 6.45) is 0.834. The number of methoxy groups -OCH3 is 1. The molecule has 0 radical (unpaired) electrons. The number of rotatable bonds is 4. The molecule has 1 amide bonds. The zero-order valence-corrected chi connectivity index (χ0v) is 11.2. The van der Waals surface area contributed by atoms with Gasteiger partial charge in [-0.15, -0.1) is 0 Å². The molecule has 108 valence electrons. The van der Waals surface area contributed by atoms with E-state index in [1.54, 1.807) is 36.4 Å². The second-order valence-corrected chi connectivity index (χ2v) is 3.99. The van der Waals surface area contributed by atoms with Gasteiger partial charge in [0.2, 0.25) is 0 Å². The Balaban J connectivity index is 1.95. The number of amides is 1. The molecular weight excluding hydrogens is 275 g/mol. The number of ether oxygens (including phenoxy) is 2. The van der Waals surface area contributed by atoms with E-state index in [2.05, 4.69) is 15.3 Å². The highest BCUT2D eigenvalue weighted by Crippen LogP contribution is 2.21. The van der Waals surface area contributed by atoms with Crippen molar-refractivity contribution in [3.05, 3.63) is 59.9 Å². The summed E-state index contributed by atoms with van der Waals surface area (Å²) in [5, 5.41) is 3.70.